The fraction of sp³-hybridized carbons (Fsp3) is 0.600. The predicted molar refractivity (Wildman–Crippen MR) is 68.8 cm³/mol. The van der Waals surface area contributed by atoms with E-state index < -0.39 is 0 Å². The number of benzene rings is 1. The third kappa shape index (κ3) is 3.08. The van der Waals surface area contributed by atoms with Crippen molar-refractivity contribution in [3.63, 3.8) is 0 Å². The fourth-order valence-corrected chi connectivity index (χ4v) is 2.50. The Kier molecular flexibility index (Phi) is 3.17. The van der Waals surface area contributed by atoms with Crippen LogP contribution in [0.15, 0.2) is 30.3 Å². The molecule has 2 nitrogen and oxygen atoms in total. The molecular formula is C15H21NO. The Balaban J connectivity index is 1.64. The van der Waals surface area contributed by atoms with Crippen molar-refractivity contribution in [1.82, 2.24) is 4.90 Å². The molecule has 1 heterocycles. The van der Waals surface area contributed by atoms with Crippen molar-refractivity contribution in [2.75, 3.05) is 13.2 Å². The molecule has 1 saturated carbocycles. The van der Waals surface area contributed by atoms with Gasteiger partial charge in [0.15, 0.2) is 0 Å². The van der Waals surface area contributed by atoms with E-state index in [4.69, 9.17) is 4.74 Å². The van der Waals surface area contributed by atoms with Gasteiger partial charge in [-0.3, -0.25) is 4.90 Å². The monoisotopic (exact) mass is 231 g/mol. The van der Waals surface area contributed by atoms with Gasteiger partial charge in [0.05, 0.1) is 12.7 Å². The SMILES string of the molecule is CC(C1CC1)N(Cc1ccccc1)C[C@@H]1CO1. The Morgan fingerprint density at radius 3 is 2.59 bits per heavy atom. The molecule has 1 aliphatic heterocycles. The van der Waals surface area contributed by atoms with E-state index in [1.54, 1.807) is 0 Å². The molecule has 2 aliphatic rings. The number of epoxide rings is 1. The molecule has 1 aromatic rings. The van der Waals surface area contributed by atoms with Gasteiger partial charge < -0.3 is 4.74 Å². The summed E-state index contributed by atoms with van der Waals surface area (Å²) in [6.07, 6.45) is 3.33. The van der Waals surface area contributed by atoms with E-state index >= 15 is 0 Å². The summed E-state index contributed by atoms with van der Waals surface area (Å²) in [5.41, 5.74) is 1.42. The number of rotatable bonds is 6. The summed E-state index contributed by atoms with van der Waals surface area (Å²) in [6, 6.07) is 11.5. The van der Waals surface area contributed by atoms with Gasteiger partial charge in [0.25, 0.3) is 0 Å². The molecule has 0 bridgehead atoms. The fourth-order valence-electron chi connectivity index (χ4n) is 2.50. The van der Waals surface area contributed by atoms with Crippen LogP contribution in [0.25, 0.3) is 0 Å². The Bertz CT molecular complexity index is 356. The van der Waals surface area contributed by atoms with Crippen molar-refractivity contribution < 1.29 is 4.74 Å². The second-order valence-corrected chi connectivity index (χ2v) is 5.45. The maximum absolute atomic E-state index is 5.39. The molecular weight excluding hydrogens is 210 g/mol. The number of ether oxygens (including phenoxy) is 1. The molecule has 2 heteroatoms. The van der Waals surface area contributed by atoms with Crippen LogP contribution in [0.3, 0.4) is 0 Å². The third-order valence-electron chi connectivity index (χ3n) is 3.95. The molecule has 1 saturated heterocycles. The number of hydrogen-bond acceptors (Lipinski definition) is 2. The van der Waals surface area contributed by atoms with Crippen LogP contribution >= 0.6 is 0 Å². The van der Waals surface area contributed by atoms with Crippen molar-refractivity contribution >= 4 is 0 Å². The van der Waals surface area contributed by atoms with E-state index in [1.165, 1.54) is 18.4 Å². The van der Waals surface area contributed by atoms with Crippen LogP contribution in [0.5, 0.6) is 0 Å². The Labute approximate surface area is 104 Å². The van der Waals surface area contributed by atoms with E-state index in [0.29, 0.717) is 12.1 Å². The van der Waals surface area contributed by atoms with E-state index in [9.17, 15) is 0 Å². The van der Waals surface area contributed by atoms with Crippen LogP contribution in [0.4, 0.5) is 0 Å². The van der Waals surface area contributed by atoms with Gasteiger partial charge in [-0.15, -0.1) is 0 Å². The zero-order chi connectivity index (χ0) is 11.7. The van der Waals surface area contributed by atoms with Crippen molar-refractivity contribution in [3.05, 3.63) is 35.9 Å². The van der Waals surface area contributed by atoms with Gasteiger partial charge in [0, 0.05) is 19.1 Å². The lowest BCUT2D eigenvalue weighted by atomic mass is 10.1. The molecule has 1 aliphatic carbocycles. The van der Waals surface area contributed by atoms with Gasteiger partial charge in [-0.05, 0) is 31.2 Å². The molecule has 0 N–H and O–H groups in total. The molecule has 0 radical (unpaired) electrons. The normalized spacial score (nSPS) is 24.9. The first kappa shape index (κ1) is 11.2. The van der Waals surface area contributed by atoms with Crippen molar-refractivity contribution in [2.45, 2.75) is 38.5 Å². The lowest BCUT2D eigenvalue weighted by Crippen LogP contribution is -2.37. The standard InChI is InChI=1S/C15H21NO/c1-12(14-7-8-14)16(10-15-11-17-15)9-13-5-3-2-4-6-13/h2-6,12,14-15H,7-11H2,1H3/t12?,15-/m1/s1. The van der Waals surface area contributed by atoms with Crippen LogP contribution in [0.2, 0.25) is 0 Å². The Morgan fingerprint density at radius 1 is 1.29 bits per heavy atom. The van der Waals surface area contributed by atoms with Gasteiger partial charge >= 0.3 is 0 Å². The summed E-state index contributed by atoms with van der Waals surface area (Å²) in [5.74, 6) is 0.928. The third-order valence-corrected chi connectivity index (χ3v) is 3.95. The molecule has 1 aromatic carbocycles. The molecule has 17 heavy (non-hydrogen) atoms. The largest absolute Gasteiger partial charge is 0.372 e. The average Bonchev–Trinajstić information content (AvgIpc) is 3.22. The molecule has 0 spiro atoms. The van der Waals surface area contributed by atoms with E-state index in [0.717, 1.165) is 25.6 Å². The molecule has 2 atom stereocenters. The van der Waals surface area contributed by atoms with E-state index in [-0.39, 0.29) is 0 Å². The summed E-state index contributed by atoms with van der Waals surface area (Å²) >= 11 is 0. The summed E-state index contributed by atoms with van der Waals surface area (Å²) in [7, 11) is 0. The highest BCUT2D eigenvalue weighted by molar-refractivity contribution is 5.14. The average molecular weight is 231 g/mol. The quantitative estimate of drug-likeness (QED) is 0.700. The molecule has 0 aromatic heterocycles. The first-order chi connectivity index (χ1) is 8.33. The van der Waals surface area contributed by atoms with Crippen molar-refractivity contribution in [1.29, 1.82) is 0 Å². The summed E-state index contributed by atoms with van der Waals surface area (Å²) in [5, 5.41) is 0. The van der Waals surface area contributed by atoms with Crippen LogP contribution in [0.1, 0.15) is 25.3 Å². The van der Waals surface area contributed by atoms with Crippen molar-refractivity contribution in [3.8, 4) is 0 Å². The van der Waals surface area contributed by atoms with Gasteiger partial charge in [0.1, 0.15) is 0 Å². The van der Waals surface area contributed by atoms with Gasteiger partial charge in [-0.25, -0.2) is 0 Å². The van der Waals surface area contributed by atoms with Crippen molar-refractivity contribution in [2.24, 2.45) is 5.92 Å². The molecule has 0 amide bonds. The van der Waals surface area contributed by atoms with Gasteiger partial charge in [-0.2, -0.15) is 0 Å². The molecule has 1 unspecified atom stereocenters. The predicted octanol–water partition coefficient (Wildman–Crippen LogP) is 2.69. The van der Waals surface area contributed by atoms with Crippen LogP contribution in [-0.4, -0.2) is 30.2 Å². The number of hydrogen-bond donors (Lipinski definition) is 0. The smallest absolute Gasteiger partial charge is 0.0936 e. The van der Waals surface area contributed by atoms with Crippen LogP contribution in [-0.2, 0) is 11.3 Å². The van der Waals surface area contributed by atoms with Gasteiger partial charge in [0.2, 0.25) is 0 Å². The molecule has 3 rings (SSSR count). The minimum atomic E-state index is 0.500. The Hall–Kier alpha value is -0.860. The summed E-state index contributed by atoms with van der Waals surface area (Å²) in [6.45, 7) is 5.51. The summed E-state index contributed by atoms with van der Waals surface area (Å²) < 4.78 is 5.39. The van der Waals surface area contributed by atoms with E-state index in [2.05, 4.69) is 42.2 Å². The van der Waals surface area contributed by atoms with E-state index in [1.807, 2.05) is 0 Å². The second kappa shape index (κ2) is 4.79. The second-order valence-electron chi connectivity index (χ2n) is 5.45. The highest BCUT2D eigenvalue weighted by Gasteiger charge is 2.35. The molecule has 92 valence electrons. The maximum Gasteiger partial charge on any atom is 0.0936 e. The lowest BCUT2D eigenvalue weighted by Gasteiger charge is -2.28. The molecule has 2 fully saturated rings. The highest BCUT2D eigenvalue weighted by Crippen LogP contribution is 2.36. The zero-order valence-corrected chi connectivity index (χ0v) is 10.5. The minimum Gasteiger partial charge on any atom is -0.372 e. The summed E-state index contributed by atoms with van der Waals surface area (Å²) in [4.78, 5) is 2.60. The number of nitrogens with zero attached hydrogens (tertiary/aromatic N) is 1. The lowest BCUT2D eigenvalue weighted by molar-refractivity contribution is 0.164. The zero-order valence-electron chi connectivity index (χ0n) is 10.5. The Morgan fingerprint density at radius 2 is 2.00 bits per heavy atom. The first-order valence-corrected chi connectivity index (χ1v) is 6.72. The van der Waals surface area contributed by atoms with Gasteiger partial charge in [-0.1, -0.05) is 30.3 Å². The first-order valence-electron chi connectivity index (χ1n) is 6.72. The maximum atomic E-state index is 5.39. The highest BCUT2D eigenvalue weighted by atomic mass is 16.6. The van der Waals surface area contributed by atoms with Crippen LogP contribution < -0.4 is 0 Å². The van der Waals surface area contributed by atoms with Crippen LogP contribution in [0, 0.1) is 5.92 Å². The topological polar surface area (TPSA) is 15.8 Å². The minimum absolute atomic E-state index is 0.500.